The molecule has 0 unspecified atom stereocenters. The summed E-state index contributed by atoms with van der Waals surface area (Å²) in [5.41, 5.74) is 0. The molecular weight excluding hydrogens is 214 g/mol. The monoisotopic (exact) mass is 227 g/mol. The van der Waals surface area contributed by atoms with E-state index >= 15 is 0 Å². The fraction of sp³-hybridized carbons (Fsp3) is 0.625. The first-order chi connectivity index (χ1) is 7.63. The highest BCUT2D eigenvalue weighted by Crippen LogP contribution is 1.96. The number of carbonyl (C=O) groups is 2. The highest BCUT2D eigenvalue weighted by atomic mass is 16.4. The summed E-state index contributed by atoms with van der Waals surface area (Å²) in [6.07, 6.45) is 2.37. The quantitative estimate of drug-likeness (QED) is 0.647. The lowest BCUT2D eigenvalue weighted by molar-refractivity contribution is -0.142. The lowest BCUT2D eigenvalue weighted by Crippen LogP contribution is -2.42. The summed E-state index contributed by atoms with van der Waals surface area (Å²) < 4.78 is 1.22. The number of amides is 1. The molecule has 0 spiro atoms. The van der Waals surface area contributed by atoms with Crippen molar-refractivity contribution in [2.24, 2.45) is 0 Å². The first kappa shape index (κ1) is 12.1. The predicted octanol–water partition coefficient (Wildman–Crippen LogP) is -0.957. The second-order valence-corrected chi connectivity index (χ2v) is 3.25. The average Bonchev–Trinajstić information content (AvgIpc) is 2.69. The number of carboxylic acids is 1. The zero-order valence-corrected chi connectivity index (χ0v) is 8.83. The molecule has 1 amide bonds. The first-order valence-electron chi connectivity index (χ1n) is 4.86. The van der Waals surface area contributed by atoms with E-state index in [4.69, 9.17) is 5.11 Å². The highest BCUT2D eigenvalue weighted by Gasteiger charge is 2.18. The maximum absolute atomic E-state index is 11.4. The van der Waals surface area contributed by atoms with Crippen LogP contribution in [0.2, 0.25) is 0 Å². The molecule has 1 rings (SSSR count). The van der Waals surface area contributed by atoms with E-state index < -0.39 is 17.9 Å². The number of aromatic nitrogens is 4. The van der Waals surface area contributed by atoms with Crippen LogP contribution in [0.15, 0.2) is 6.33 Å². The second-order valence-electron chi connectivity index (χ2n) is 3.25. The lowest BCUT2D eigenvalue weighted by Gasteiger charge is -2.12. The summed E-state index contributed by atoms with van der Waals surface area (Å²) in [7, 11) is 0. The van der Waals surface area contributed by atoms with Gasteiger partial charge < -0.3 is 10.4 Å². The van der Waals surface area contributed by atoms with Gasteiger partial charge in [0, 0.05) is 0 Å². The molecule has 0 fully saturated rings. The Hall–Kier alpha value is -1.99. The Morgan fingerprint density at radius 1 is 1.56 bits per heavy atom. The fourth-order valence-corrected chi connectivity index (χ4v) is 1.19. The third-order valence-corrected chi connectivity index (χ3v) is 1.91. The van der Waals surface area contributed by atoms with Crippen LogP contribution >= 0.6 is 0 Å². The predicted molar refractivity (Wildman–Crippen MR) is 52.3 cm³/mol. The van der Waals surface area contributed by atoms with Gasteiger partial charge in [-0.05, 0) is 16.8 Å². The smallest absolute Gasteiger partial charge is 0.326 e. The van der Waals surface area contributed by atoms with Crippen molar-refractivity contribution in [3.05, 3.63) is 6.33 Å². The van der Waals surface area contributed by atoms with E-state index in [1.807, 2.05) is 6.92 Å². The van der Waals surface area contributed by atoms with Gasteiger partial charge in [0.05, 0.1) is 0 Å². The molecule has 88 valence electrons. The van der Waals surface area contributed by atoms with Crippen molar-refractivity contribution in [1.29, 1.82) is 0 Å². The molecule has 8 nitrogen and oxygen atoms in total. The molecule has 2 N–H and O–H groups in total. The van der Waals surface area contributed by atoms with Crippen molar-refractivity contribution in [3.63, 3.8) is 0 Å². The van der Waals surface area contributed by atoms with Crippen molar-refractivity contribution >= 4 is 11.9 Å². The van der Waals surface area contributed by atoms with Gasteiger partial charge in [0.2, 0.25) is 5.91 Å². The number of hydrogen-bond acceptors (Lipinski definition) is 5. The van der Waals surface area contributed by atoms with Crippen LogP contribution in [0.3, 0.4) is 0 Å². The summed E-state index contributed by atoms with van der Waals surface area (Å²) >= 11 is 0. The molecule has 0 saturated heterocycles. The van der Waals surface area contributed by atoms with Gasteiger partial charge >= 0.3 is 5.97 Å². The van der Waals surface area contributed by atoms with E-state index in [-0.39, 0.29) is 6.54 Å². The van der Waals surface area contributed by atoms with Gasteiger partial charge in [0.15, 0.2) is 0 Å². The minimum atomic E-state index is -1.04. The van der Waals surface area contributed by atoms with Crippen LogP contribution in [0, 0.1) is 0 Å². The molecule has 1 heterocycles. The summed E-state index contributed by atoms with van der Waals surface area (Å²) in [6, 6.07) is -0.853. The van der Waals surface area contributed by atoms with Gasteiger partial charge in [-0.25, -0.2) is 9.48 Å². The molecule has 0 aliphatic rings. The van der Waals surface area contributed by atoms with E-state index in [0.29, 0.717) is 12.8 Å². The highest BCUT2D eigenvalue weighted by molar-refractivity contribution is 5.83. The summed E-state index contributed by atoms with van der Waals surface area (Å²) in [5, 5.41) is 21.4. The third-order valence-electron chi connectivity index (χ3n) is 1.91. The minimum Gasteiger partial charge on any atom is -0.480 e. The topological polar surface area (TPSA) is 110 Å². The van der Waals surface area contributed by atoms with Gasteiger partial charge in [-0.2, -0.15) is 0 Å². The SMILES string of the molecule is CCC[C@@H](NC(=O)Cn1cnnn1)C(=O)O. The van der Waals surface area contributed by atoms with Crippen LogP contribution in [0.4, 0.5) is 0 Å². The van der Waals surface area contributed by atoms with Gasteiger partial charge in [-0.15, -0.1) is 5.10 Å². The van der Waals surface area contributed by atoms with Crippen LogP contribution < -0.4 is 5.32 Å². The van der Waals surface area contributed by atoms with Gasteiger partial charge in [0.25, 0.3) is 0 Å². The van der Waals surface area contributed by atoms with E-state index in [9.17, 15) is 9.59 Å². The Kier molecular flexibility index (Phi) is 4.37. The zero-order valence-electron chi connectivity index (χ0n) is 8.83. The number of nitrogens with zero attached hydrogens (tertiary/aromatic N) is 4. The molecule has 16 heavy (non-hydrogen) atoms. The molecule has 0 aliphatic heterocycles. The van der Waals surface area contributed by atoms with Crippen LogP contribution in [0.1, 0.15) is 19.8 Å². The number of hydrogen-bond donors (Lipinski definition) is 2. The summed E-state index contributed by atoms with van der Waals surface area (Å²) in [5.74, 6) is -1.46. The Morgan fingerprint density at radius 2 is 2.31 bits per heavy atom. The molecule has 0 aromatic carbocycles. The summed E-state index contributed by atoms with van der Waals surface area (Å²) in [6.45, 7) is 1.77. The number of aliphatic carboxylic acids is 1. The molecule has 1 aromatic heterocycles. The number of tetrazole rings is 1. The van der Waals surface area contributed by atoms with Crippen LogP contribution in [0.25, 0.3) is 0 Å². The molecular formula is C8H13N5O3. The van der Waals surface area contributed by atoms with Crippen LogP contribution in [-0.4, -0.2) is 43.2 Å². The zero-order chi connectivity index (χ0) is 12.0. The molecule has 0 aliphatic carbocycles. The molecule has 0 saturated carbocycles. The maximum atomic E-state index is 11.4. The number of carbonyl (C=O) groups excluding carboxylic acids is 1. The first-order valence-corrected chi connectivity index (χ1v) is 4.86. The Morgan fingerprint density at radius 3 is 2.81 bits per heavy atom. The number of nitrogens with one attached hydrogen (secondary N) is 1. The maximum Gasteiger partial charge on any atom is 0.326 e. The Bertz CT molecular complexity index is 351. The minimum absolute atomic E-state index is 0.0828. The van der Waals surface area contributed by atoms with E-state index in [1.54, 1.807) is 0 Å². The van der Waals surface area contributed by atoms with Crippen molar-refractivity contribution < 1.29 is 14.7 Å². The van der Waals surface area contributed by atoms with E-state index in [1.165, 1.54) is 11.0 Å². The molecule has 1 atom stereocenters. The van der Waals surface area contributed by atoms with E-state index in [0.717, 1.165) is 0 Å². The van der Waals surface area contributed by atoms with Crippen molar-refractivity contribution in [3.8, 4) is 0 Å². The average molecular weight is 227 g/mol. The normalized spacial score (nSPS) is 12.1. The summed E-state index contributed by atoms with van der Waals surface area (Å²) in [4.78, 5) is 22.2. The van der Waals surface area contributed by atoms with Crippen molar-refractivity contribution in [1.82, 2.24) is 25.5 Å². The third kappa shape index (κ3) is 3.64. The fourth-order valence-electron chi connectivity index (χ4n) is 1.19. The largest absolute Gasteiger partial charge is 0.480 e. The number of rotatable bonds is 6. The van der Waals surface area contributed by atoms with Crippen LogP contribution in [-0.2, 0) is 16.1 Å². The van der Waals surface area contributed by atoms with Crippen LogP contribution in [0.5, 0.6) is 0 Å². The molecule has 1 aromatic rings. The Labute approximate surface area is 91.6 Å². The second kappa shape index (κ2) is 5.79. The number of carboxylic acid groups (broad SMARTS) is 1. The Balaban J connectivity index is 2.45. The molecule has 8 heteroatoms. The standard InChI is InChI=1S/C8H13N5O3/c1-2-3-6(8(15)16)10-7(14)4-13-5-9-11-12-13/h5-6H,2-4H2,1H3,(H,10,14)(H,15,16)/t6-/m1/s1. The van der Waals surface area contributed by atoms with Gasteiger partial charge in [-0.1, -0.05) is 13.3 Å². The van der Waals surface area contributed by atoms with E-state index in [2.05, 4.69) is 20.8 Å². The van der Waals surface area contributed by atoms with Crippen molar-refractivity contribution in [2.45, 2.75) is 32.4 Å². The lowest BCUT2D eigenvalue weighted by atomic mass is 10.2. The van der Waals surface area contributed by atoms with Gasteiger partial charge in [0.1, 0.15) is 18.9 Å². The molecule has 0 radical (unpaired) electrons. The molecule has 0 bridgehead atoms. The van der Waals surface area contributed by atoms with Gasteiger partial charge in [-0.3, -0.25) is 4.79 Å². The van der Waals surface area contributed by atoms with Crippen molar-refractivity contribution in [2.75, 3.05) is 0 Å².